The largest absolute Gasteiger partial charge is 0.300 e. The van der Waals surface area contributed by atoms with Gasteiger partial charge in [-0.05, 0) is 74.4 Å². The molecule has 4 fully saturated rings. The lowest BCUT2D eigenvalue weighted by Crippen LogP contribution is -2.39. The second-order valence-electron chi connectivity index (χ2n) is 8.54. The number of rotatable bonds is 8. The van der Waals surface area contributed by atoms with Crippen molar-refractivity contribution >= 4 is 46.2 Å². The Kier molecular flexibility index (Phi) is 5.84. The van der Waals surface area contributed by atoms with Gasteiger partial charge in [0, 0.05) is 34.8 Å². The van der Waals surface area contributed by atoms with Gasteiger partial charge >= 0.3 is 0 Å². The van der Waals surface area contributed by atoms with Gasteiger partial charge in [-0.3, -0.25) is 9.59 Å². The van der Waals surface area contributed by atoms with Crippen LogP contribution in [0, 0.1) is 47.3 Å². The first-order valence-corrected chi connectivity index (χ1v) is 13.4. The molecule has 4 bridgehead atoms. The Balaban J connectivity index is 1.29. The van der Waals surface area contributed by atoms with Crippen LogP contribution in [0.4, 0.5) is 0 Å². The van der Waals surface area contributed by atoms with Gasteiger partial charge in [0.2, 0.25) is 0 Å². The molecular weight excluding hydrogens is 368 g/mol. The van der Waals surface area contributed by atoms with Gasteiger partial charge in [-0.15, -0.1) is 0 Å². The highest BCUT2D eigenvalue weighted by Crippen LogP contribution is 2.70. The van der Waals surface area contributed by atoms with Crippen molar-refractivity contribution in [3.8, 4) is 0 Å². The average Bonchev–Trinajstić information content (AvgIpc) is 3.34. The van der Waals surface area contributed by atoms with Crippen LogP contribution in [-0.2, 0) is 9.59 Å². The summed E-state index contributed by atoms with van der Waals surface area (Å²) < 4.78 is 0. The summed E-state index contributed by atoms with van der Waals surface area (Å²) >= 11 is 5.49. The van der Waals surface area contributed by atoms with E-state index >= 15 is 0 Å². The molecule has 0 spiro atoms. The number of thioether (sulfide) groups is 3. The molecule has 0 aromatic carbocycles. The molecule has 4 saturated carbocycles. The molecule has 4 rings (SSSR count). The third-order valence-electron chi connectivity index (χ3n) is 7.55. The fourth-order valence-corrected chi connectivity index (χ4v) is 9.72. The van der Waals surface area contributed by atoms with E-state index in [9.17, 15) is 9.59 Å². The predicted octanol–water partition coefficient (Wildman–Crippen LogP) is 4.48. The van der Waals surface area contributed by atoms with Crippen LogP contribution in [0.2, 0.25) is 0 Å². The highest BCUT2D eigenvalue weighted by Gasteiger charge is 2.65. The van der Waals surface area contributed by atoms with Gasteiger partial charge in [-0.25, -0.2) is 0 Å². The van der Waals surface area contributed by atoms with E-state index in [4.69, 9.17) is 0 Å². The summed E-state index contributed by atoms with van der Waals surface area (Å²) in [6, 6.07) is 0. The SMILES string of the molecule is CSCCSCCSC(=O)C1CC2CC1C1C3CC(C(C)=O)C(C3)C21. The van der Waals surface area contributed by atoms with Crippen molar-refractivity contribution in [1.82, 2.24) is 0 Å². The second-order valence-corrected chi connectivity index (χ2v) is 11.9. The van der Waals surface area contributed by atoms with Crippen molar-refractivity contribution < 1.29 is 9.59 Å². The van der Waals surface area contributed by atoms with E-state index in [0.29, 0.717) is 34.6 Å². The normalized spacial score (nSPS) is 43.6. The molecule has 4 aliphatic carbocycles. The van der Waals surface area contributed by atoms with E-state index in [0.717, 1.165) is 48.0 Å². The van der Waals surface area contributed by atoms with Crippen LogP contribution in [0.25, 0.3) is 0 Å². The Morgan fingerprint density at radius 1 is 0.840 bits per heavy atom. The Morgan fingerprint density at radius 2 is 1.44 bits per heavy atom. The predicted molar refractivity (Wildman–Crippen MR) is 110 cm³/mol. The molecule has 2 nitrogen and oxygen atoms in total. The van der Waals surface area contributed by atoms with Gasteiger partial charge < -0.3 is 0 Å². The maximum absolute atomic E-state index is 12.8. The van der Waals surface area contributed by atoms with Crippen molar-refractivity contribution in [2.45, 2.75) is 32.6 Å². The van der Waals surface area contributed by atoms with Gasteiger partial charge in [0.15, 0.2) is 5.12 Å². The zero-order chi connectivity index (χ0) is 17.6. The molecule has 4 aliphatic rings. The average molecular weight is 399 g/mol. The Hall–Kier alpha value is 0.390. The molecule has 0 N–H and O–H groups in total. The summed E-state index contributed by atoms with van der Waals surface area (Å²) in [5, 5.41) is 0.488. The number of Topliss-reactive ketones (excluding diaryl/α,β-unsaturated/α-hetero) is 1. The molecule has 8 unspecified atom stereocenters. The van der Waals surface area contributed by atoms with E-state index in [2.05, 4.69) is 6.26 Å². The van der Waals surface area contributed by atoms with Gasteiger partial charge in [-0.2, -0.15) is 23.5 Å². The van der Waals surface area contributed by atoms with Crippen LogP contribution < -0.4 is 0 Å². The number of carbonyl (C=O) groups is 2. The van der Waals surface area contributed by atoms with Gasteiger partial charge in [-0.1, -0.05) is 11.8 Å². The number of hydrogen-bond acceptors (Lipinski definition) is 5. The summed E-state index contributed by atoms with van der Waals surface area (Å²) in [5.74, 6) is 10.0. The first-order valence-electron chi connectivity index (χ1n) is 9.85. The van der Waals surface area contributed by atoms with Crippen molar-refractivity contribution in [2.75, 3.05) is 29.3 Å². The summed E-state index contributed by atoms with van der Waals surface area (Å²) in [6.07, 6.45) is 6.98. The fourth-order valence-electron chi connectivity index (χ4n) is 6.89. The molecule has 0 aromatic heterocycles. The molecule has 0 aromatic rings. The summed E-state index contributed by atoms with van der Waals surface area (Å²) in [7, 11) is 0. The number of hydrogen-bond donors (Lipinski definition) is 0. The minimum absolute atomic E-state index is 0.336. The van der Waals surface area contributed by atoms with Crippen molar-refractivity contribution in [1.29, 1.82) is 0 Å². The molecule has 0 radical (unpaired) electrons. The smallest absolute Gasteiger partial charge is 0.192 e. The van der Waals surface area contributed by atoms with Crippen LogP contribution >= 0.6 is 35.3 Å². The fraction of sp³-hybridized carbons (Fsp3) is 0.900. The van der Waals surface area contributed by atoms with E-state index in [1.807, 2.05) is 23.5 Å². The van der Waals surface area contributed by atoms with Crippen molar-refractivity contribution in [2.24, 2.45) is 47.3 Å². The minimum atomic E-state index is 0.336. The first kappa shape index (κ1) is 18.7. The summed E-state index contributed by atoms with van der Waals surface area (Å²) in [5.41, 5.74) is 0. The number of carbonyl (C=O) groups excluding carboxylic acids is 2. The number of fused-ring (bicyclic) bond motifs is 9. The molecule has 0 aliphatic heterocycles. The highest BCUT2D eigenvalue weighted by molar-refractivity contribution is 8.14. The Labute approximate surface area is 164 Å². The van der Waals surface area contributed by atoms with Crippen molar-refractivity contribution in [3.05, 3.63) is 0 Å². The monoisotopic (exact) mass is 398 g/mol. The lowest BCUT2D eigenvalue weighted by molar-refractivity contribution is -0.125. The standard InChI is InChI=1S/C20H30O2S3/c1-11(21)14-7-12-8-15(14)18-13-9-16(19(12)18)17(10-13)20(22)25-6-5-24-4-3-23-2/h12-19H,3-10H2,1-2H3. The molecular formula is C20H30O2S3. The van der Waals surface area contributed by atoms with Crippen LogP contribution in [-0.4, -0.2) is 40.2 Å². The Bertz CT molecular complexity index is 537. The highest BCUT2D eigenvalue weighted by atomic mass is 32.2. The van der Waals surface area contributed by atoms with E-state index in [-0.39, 0.29) is 0 Å². The third kappa shape index (κ3) is 3.35. The van der Waals surface area contributed by atoms with Crippen LogP contribution in [0.1, 0.15) is 32.6 Å². The van der Waals surface area contributed by atoms with Gasteiger partial charge in [0.05, 0.1) is 0 Å². The third-order valence-corrected chi connectivity index (χ3v) is 10.7. The van der Waals surface area contributed by atoms with Crippen molar-refractivity contribution in [3.63, 3.8) is 0 Å². The molecule has 0 heterocycles. The van der Waals surface area contributed by atoms with E-state index in [1.54, 1.807) is 18.7 Å². The first-order chi connectivity index (χ1) is 12.1. The quantitative estimate of drug-likeness (QED) is 0.445. The van der Waals surface area contributed by atoms with Gasteiger partial charge in [0.25, 0.3) is 0 Å². The molecule has 0 saturated heterocycles. The van der Waals surface area contributed by atoms with E-state index in [1.165, 1.54) is 24.3 Å². The zero-order valence-electron chi connectivity index (χ0n) is 15.3. The maximum atomic E-state index is 12.8. The van der Waals surface area contributed by atoms with E-state index < -0.39 is 0 Å². The van der Waals surface area contributed by atoms with Crippen LogP contribution in [0.15, 0.2) is 0 Å². The van der Waals surface area contributed by atoms with Crippen LogP contribution in [0.3, 0.4) is 0 Å². The lowest BCUT2D eigenvalue weighted by Gasteiger charge is -2.40. The minimum Gasteiger partial charge on any atom is -0.300 e. The Morgan fingerprint density at radius 3 is 2.08 bits per heavy atom. The molecule has 5 heteroatoms. The summed E-state index contributed by atoms with van der Waals surface area (Å²) in [4.78, 5) is 24.7. The second kappa shape index (κ2) is 7.79. The van der Waals surface area contributed by atoms with Crippen LogP contribution in [0.5, 0.6) is 0 Å². The molecule has 25 heavy (non-hydrogen) atoms. The zero-order valence-corrected chi connectivity index (χ0v) is 17.8. The van der Waals surface area contributed by atoms with Gasteiger partial charge in [0.1, 0.15) is 5.78 Å². The molecule has 8 atom stereocenters. The lowest BCUT2D eigenvalue weighted by atomic mass is 9.64. The molecule has 140 valence electrons. The maximum Gasteiger partial charge on any atom is 0.192 e. The molecule has 0 amide bonds. The number of ketones is 1. The summed E-state index contributed by atoms with van der Waals surface area (Å²) in [6.45, 7) is 1.80. The topological polar surface area (TPSA) is 34.1 Å².